The van der Waals surface area contributed by atoms with E-state index in [1.54, 1.807) is 0 Å². The van der Waals surface area contributed by atoms with E-state index in [4.69, 9.17) is 5.11 Å². The van der Waals surface area contributed by atoms with Crippen molar-refractivity contribution in [1.29, 1.82) is 0 Å². The van der Waals surface area contributed by atoms with Crippen molar-refractivity contribution in [2.24, 2.45) is 5.41 Å². The van der Waals surface area contributed by atoms with Crippen LogP contribution in [0.3, 0.4) is 0 Å². The van der Waals surface area contributed by atoms with Gasteiger partial charge in [-0.25, -0.2) is 4.79 Å². The minimum atomic E-state index is -0.906. The summed E-state index contributed by atoms with van der Waals surface area (Å²) in [7, 11) is 4.03. The number of hydrogen-bond donors (Lipinski definition) is 3. The van der Waals surface area contributed by atoms with Gasteiger partial charge in [0.2, 0.25) is 0 Å². The van der Waals surface area contributed by atoms with E-state index in [0.717, 1.165) is 19.4 Å². The maximum absolute atomic E-state index is 11.8. The zero-order chi connectivity index (χ0) is 15.8. The van der Waals surface area contributed by atoms with E-state index in [1.165, 1.54) is 0 Å². The number of rotatable bonds is 8. The van der Waals surface area contributed by atoms with Crippen LogP contribution in [0.4, 0.5) is 4.79 Å². The molecule has 0 spiro atoms. The van der Waals surface area contributed by atoms with Crippen molar-refractivity contribution in [2.75, 3.05) is 27.2 Å². The number of nitrogens with zero attached hydrogens (tertiary/aromatic N) is 1. The van der Waals surface area contributed by atoms with Gasteiger partial charge < -0.3 is 20.6 Å². The van der Waals surface area contributed by atoms with E-state index in [2.05, 4.69) is 15.5 Å². The second-order valence-corrected chi connectivity index (χ2v) is 6.43. The van der Waals surface area contributed by atoms with Crippen LogP contribution in [0, 0.1) is 5.41 Å². The van der Waals surface area contributed by atoms with Crippen LogP contribution in [0.2, 0.25) is 0 Å². The Labute approximate surface area is 121 Å². The van der Waals surface area contributed by atoms with Gasteiger partial charge in [-0.1, -0.05) is 20.8 Å². The molecule has 3 N–H and O–H groups in total. The Balaban J connectivity index is 4.05. The number of unbranched alkanes of at least 4 members (excludes halogenated alkanes) is 1. The number of hydrogen-bond acceptors (Lipinski definition) is 3. The van der Waals surface area contributed by atoms with E-state index in [1.807, 2.05) is 34.9 Å². The molecule has 20 heavy (non-hydrogen) atoms. The first-order valence-electron chi connectivity index (χ1n) is 7.04. The average molecular weight is 287 g/mol. The Morgan fingerprint density at radius 3 is 2.25 bits per heavy atom. The lowest BCUT2D eigenvalue weighted by Gasteiger charge is -2.30. The summed E-state index contributed by atoms with van der Waals surface area (Å²) in [4.78, 5) is 24.7. The molecule has 118 valence electrons. The zero-order valence-electron chi connectivity index (χ0n) is 13.3. The normalized spacial score (nSPS) is 13.1. The lowest BCUT2D eigenvalue weighted by atomic mass is 9.85. The SMILES string of the molecule is CN(C)CCCCNC(=O)NC(CC(=O)O)C(C)(C)C. The van der Waals surface area contributed by atoms with Crippen molar-refractivity contribution in [1.82, 2.24) is 15.5 Å². The van der Waals surface area contributed by atoms with Gasteiger partial charge in [0.15, 0.2) is 0 Å². The number of carbonyl (C=O) groups excluding carboxylic acids is 1. The zero-order valence-corrected chi connectivity index (χ0v) is 13.3. The van der Waals surface area contributed by atoms with E-state index in [0.29, 0.717) is 6.54 Å². The summed E-state index contributed by atoms with van der Waals surface area (Å²) < 4.78 is 0. The van der Waals surface area contributed by atoms with Gasteiger partial charge in [-0.2, -0.15) is 0 Å². The predicted molar refractivity (Wildman–Crippen MR) is 79.8 cm³/mol. The van der Waals surface area contributed by atoms with Gasteiger partial charge in [-0.3, -0.25) is 4.79 Å². The van der Waals surface area contributed by atoms with Gasteiger partial charge in [-0.05, 0) is 38.9 Å². The molecule has 2 amide bonds. The molecule has 0 heterocycles. The molecule has 0 saturated carbocycles. The summed E-state index contributed by atoms with van der Waals surface area (Å²) >= 11 is 0. The summed E-state index contributed by atoms with van der Waals surface area (Å²) in [5, 5.41) is 14.4. The Morgan fingerprint density at radius 2 is 1.80 bits per heavy atom. The lowest BCUT2D eigenvalue weighted by Crippen LogP contribution is -2.49. The molecule has 0 saturated heterocycles. The molecule has 0 aromatic heterocycles. The number of carboxylic acids is 1. The molecule has 0 aliphatic heterocycles. The van der Waals surface area contributed by atoms with Crippen LogP contribution < -0.4 is 10.6 Å². The molecule has 1 unspecified atom stereocenters. The highest BCUT2D eigenvalue weighted by atomic mass is 16.4. The number of urea groups is 1. The number of aliphatic carboxylic acids is 1. The first-order chi connectivity index (χ1) is 9.12. The molecule has 0 aliphatic rings. The van der Waals surface area contributed by atoms with Gasteiger partial charge in [0.05, 0.1) is 6.42 Å². The lowest BCUT2D eigenvalue weighted by molar-refractivity contribution is -0.138. The van der Waals surface area contributed by atoms with E-state index in [9.17, 15) is 9.59 Å². The Kier molecular flexibility index (Phi) is 8.22. The van der Waals surface area contributed by atoms with Crippen LogP contribution in [0.1, 0.15) is 40.0 Å². The van der Waals surface area contributed by atoms with Crippen LogP contribution >= 0.6 is 0 Å². The summed E-state index contributed by atoms with van der Waals surface area (Å²) in [6.45, 7) is 7.34. The molecule has 0 fully saturated rings. The summed E-state index contributed by atoms with van der Waals surface area (Å²) in [5.74, 6) is -0.906. The van der Waals surface area contributed by atoms with E-state index >= 15 is 0 Å². The first kappa shape index (κ1) is 18.7. The van der Waals surface area contributed by atoms with Crippen LogP contribution in [0.15, 0.2) is 0 Å². The van der Waals surface area contributed by atoms with Crippen molar-refractivity contribution in [2.45, 2.75) is 46.1 Å². The number of amides is 2. The fraction of sp³-hybridized carbons (Fsp3) is 0.857. The quantitative estimate of drug-likeness (QED) is 0.591. The minimum Gasteiger partial charge on any atom is -0.481 e. The van der Waals surface area contributed by atoms with Crippen molar-refractivity contribution >= 4 is 12.0 Å². The van der Waals surface area contributed by atoms with Gasteiger partial charge in [0.1, 0.15) is 0 Å². The van der Waals surface area contributed by atoms with Crippen molar-refractivity contribution in [3.63, 3.8) is 0 Å². The fourth-order valence-corrected chi connectivity index (χ4v) is 1.71. The highest BCUT2D eigenvalue weighted by Crippen LogP contribution is 2.21. The molecule has 0 aromatic rings. The molecule has 6 heteroatoms. The number of nitrogens with one attached hydrogen (secondary N) is 2. The van der Waals surface area contributed by atoms with Crippen LogP contribution in [-0.4, -0.2) is 55.2 Å². The third-order valence-corrected chi connectivity index (χ3v) is 3.05. The van der Waals surface area contributed by atoms with Gasteiger partial charge >= 0.3 is 12.0 Å². The second kappa shape index (κ2) is 8.79. The Hall–Kier alpha value is -1.30. The van der Waals surface area contributed by atoms with Crippen molar-refractivity contribution < 1.29 is 14.7 Å². The second-order valence-electron chi connectivity index (χ2n) is 6.43. The predicted octanol–water partition coefficient (Wildman–Crippen LogP) is 1.52. The molecule has 0 bridgehead atoms. The van der Waals surface area contributed by atoms with Gasteiger partial charge in [-0.15, -0.1) is 0 Å². The van der Waals surface area contributed by atoms with Gasteiger partial charge in [0.25, 0.3) is 0 Å². The van der Waals surface area contributed by atoms with E-state index in [-0.39, 0.29) is 23.9 Å². The Bertz CT molecular complexity index is 311. The van der Waals surface area contributed by atoms with Crippen molar-refractivity contribution in [3.05, 3.63) is 0 Å². The molecule has 0 rings (SSSR count). The maximum Gasteiger partial charge on any atom is 0.315 e. The molecule has 1 atom stereocenters. The third-order valence-electron chi connectivity index (χ3n) is 3.05. The molecular weight excluding hydrogens is 258 g/mol. The average Bonchev–Trinajstić information content (AvgIpc) is 2.25. The molecule has 0 aliphatic carbocycles. The number of carboxylic acid groups (broad SMARTS) is 1. The molecular formula is C14H29N3O3. The summed E-state index contributed by atoms with van der Waals surface area (Å²) in [6.07, 6.45) is 1.85. The smallest absolute Gasteiger partial charge is 0.315 e. The van der Waals surface area contributed by atoms with Crippen LogP contribution in [0.5, 0.6) is 0 Å². The third kappa shape index (κ3) is 9.61. The molecule has 6 nitrogen and oxygen atoms in total. The highest BCUT2D eigenvalue weighted by Gasteiger charge is 2.28. The van der Waals surface area contributed by atoms with Gasteiger partial charge in [0, 0.05) is 12.6 Å². The monoisotopic (exact) mass is 287 g/mol. The standard InChI is InChI=1S/C14H29N3O3/c1-14(2,3)11(10-12(18)19)16-13(20)15-8-6-7-9-17(4)5/h11H,6-10H2,1-5H3,(H,18,19)(H2,15,16,20). The maximum atomic E-state index is 11.8. The molecule has 0 radical (unpaired) electrons. The van der Waals surface area contributed by atoms with Crippen molar-refractivity contribution in [3.8, 4) is 0 Å². The summed E-state index contributed by atoms with van der Waals surface area (Å²) in [5.41, 5.74) is -0.291. The fourth-order valence-electron chi connectivity index (χ4n) is 1.71. The number of carbonyl (C=O) groups is 2. The summed E-state index contributed by atoms with van der Waals surface area (Å²) in [6, 6.07) is -0.683. The largest absolute Gasteiger partial charge is 0.481 e. The topological polar surface area (TPSA) is 81.7 Å². The highest BCUT2D eigenvalue weighted by molar-refractivity contribution is 5.75. The van der Waals surface area contributed by atoms with Crippen LogP contribution in [-0.2, 0) is 4.79 Å². The minimum absolute atomic E-state index is 0.0719. The first-order valence-corrected chi connectivity index (χ1v) is 7.04. The van der Waals surface area contributed by atoms with E-state index < -0.39 is 5.97 Å². The van der Waals surface area contributed by atoms with Crippen LogP contribution in [0.25, 0.3) is 0 Å². The Morgan fingerprint density at radius 1 is 1.20 bits per heavy atom. The molecule has 0 aromatic carbocycles.